The Morgan fingerprint density at radius 2 is 2.28 bits per heavy atom. The standard InChI is InChI=1S/C10H10F3N3O2/c11-8-2-1-6(3-9(8)18-10(12)13)15-4-7(5-17)16-14/h1-4,10,14-15,17H,5H2/b7-4-,16-14?. The van der Waals surface area contributed by atoms with Gasteiger partial charge in [0.05, 0.1) is 6.61 Å². The van der Waals surface area contributed by atoms with Gasteiger partial charge in [-0.3, -0.25) is 0 Å². The molecule has 0 saturated heterocycles. The lowest BCUT2D eigenvalue weighted by molar-refractivity contribution is -0.0521. The van der Waals surface area contributed by atoms with Gasteiger partial charge in [0.2, 0.25) is 0 Å². The van der Waals surface area contributed by atoms with Crippen molar-refractivity contribution in [3.63, 3.8) is 0 Å². The van der Waals surface area contributed by atoms with Crippen molar-refractivity contribution in [1.82, 2.24) is 0 Å². The molecule has 0 aliphatic heterocycles. The molecule has 0 heterocycles. The molecule has 0 spiro atoms. The molecule has 8 heteroatoms. The third kappa shape index (κ3) is 4.06. The number of ether oxygens (including phenoxy) is 1. The van der Waals surface area contributed by atoms with E-state index in [9.17, 15) is 13.2 Å². The topological polar surface area (TPSA) is 77.7 Å². The number of halogens is 3. The highest BCUT2D eigenvalue weighted by molar-refractivity contribution is 5.50. The molecule has 0 aromatic heterocycles. The molecule has 18 heavy (non-hydrogen) atoms. The minimum absolute atomic E-state index is 0.0238. The van der Waals surface area contributed by atoms with E-state index >= 15 is 0 Å². The van der Waals surface area contributed by atoms with E-state index in [1.54, 1.807) is 0 Å². The van der Waals surface area contributed by atoms with Gasteiger partial charge in [-0.15, -0.1) is 0 Å². The molecule has 5 nitrogen and oxygen atoms in total. The molecular weight excluding hydrogens is 251 g/mol. The van der Waals surface area contributed by atoms with Crippen LogP contribution >= 0.6 is 0 Å². The van der Waals surface area contributed by atoms with Crippen molar-refractivity contribution in [2.75, 3.05) is 11.9 Å². The molecule has 98 valence electrons. The Morgan fingerprint density at radius 3 is 2.83 bits per heavy atom. The molecule has 1 aromatic rings. The van der Waals surface area contributed by atoms with Crippen LogP contribution in [0.25, 0.3) is 0 Å². The molecule has 0 aliphatic rings. The van der Waals surface area contributed by atoms with Gasteiger partial charge in [-0.2, -0.15) is 13.9 Å². The van der Waals surface area contributed by atoms with Crippen LogP contribution in [0.15, 0.2) is 35.2 Å². The molecule has 0 radical (unpaired) electrons. The predicted molar refractivity (Wildman–Crippen MR) is 57.0 cm³/mol. The number of anilines is 1. The van der Waals surface area contributed by atoms with Crippen LogP contribution in [-0.2, 0) is 0 Å². The van der Waals surface area contributed by atoms with Crippen molar-refractivity contribution in [3.05, 3.63) is 35.9 Å². The van der Waals surface area contributed by atoms with Gasteiger partial charge in [0.1, 0.15) is 5.70 Å². The smallest absolute Gasteiger partial charge is 0.387 e. The molecule has 0 bridgehead atoms. The van der Waals surface area contributed by atoms with Crippen LogP contribution in [-0.4, -0.2) is 18.3 Å². The van der Waals surface area contributed by atoms with Crippen molar-refractivity contribution >= 4 is 5.69 Å². The number of nitrogens with zero attached hydrogens (tertiary/aromatic N) is 1. The first kappa shape index (κ1) is 14.0. The summed E-state index contributed by atoms with van der Waals surface area (Å²) in [6, 6.07) is 3.25. The summed E-state index contributed by atoms with van der Waals surface area (Å²) in [7, 11) is 0. The summed E-state index contributed by atoms with van der Waals surface area (Å²) >= 11 is 0. The van der Waals surface area contributed by atoms with Crippen LogP contribution in [0.1, 0.15) is 0 Å². The van der Waals surface area contributed by atoms with E-state index in [-0.39, 0.29) is 11.4 Å². The lowest BCUT2D eigenvalue weighted by Gasteiger charge is -2.08. The number of alkyl halides is 2. The average molecular weight is 261 g/mol. The van der Waals surface area contributed by atoms with Crippen LogP contribution in [0.2, 0.25) is 0 Å². The number of hydrogen-bond acceptors (Lipinski definition) is 5. The third-order valence-electron chi connectivity index (χ3n) is 1.86. The van der Waals surface area contributed by atoms with Crippen molar-refractivity contribution in [3.8, 4) is 5.75 Å². The molecular formula is C10H10F3N3O2. The van der Waals surface area contributed by atoms with Gasteiger partial charge in [-0.05, 0) is 12.1 Å². The van der Waals surface area contributed by atoms with E-state index in [4.69, 9.17) is 10.6 Å². The first-order valence-electron chi connectivity index (χ1n) is 4.75. The highest BCUT2D eigenvalue weighted by Crippen LogP contribution is 2.23. The summed E-state index contributed by atoms with van der Waals surface area (Å²) < 4.78 is 41.0. The van der Waals surface area contributed by atoms with Crippen LogP contribution in [0.5, 0.6) is 5.75 Å². The number of aliphatic hydroxyl groups is 1. The minimum Gasteiger partial charge on any atom is -0.432 e. The van der Waals surface area contributed by atoms with E-state index < -0.39 is 24.8 Å². The zero-order valence-corrected chi connectivity index (χ0v) is 9.03. The minimum atomic E-state index is -3.12. The Balaban J connectivity index is 2.84. The van der Waals surface area contributed by atoms with Crippen LogP contribution in [0.3, 0.4) is 0 Å². The van der Waals surface area contributed by atoms with Gasteiger partial charge in [-0.25, -0.2) is 9.92 Å². The fraction of sp³-hybridized carbons (Fsp3) is 0.200. The zero-order chi connectivity index (χ0) is 13.5. The van der Waals surface area contributed by atoms with Gasteiger partial charge in [0.15, 0.2) is 11.6 Å². The van der Waals surface area contributed by atoms with Gasteiger partial charge in [0, 0.05) is 18.0 Å². The highest BCUT2D eigenvalue weighted by atomic mass is 19.3. The molecule has 0 aliphatic carbocycles. The summed E-state index contributed by atoms with van der Waals surface area (Å²) in [5, 5.41) is 14.3. The molecule has 1 aromatic carbocycles. The first-order chi connectivity index (χ1) is 8.56. The molecule has 3 N–H and O–H groups in total. The fourth-order valence-corrected chi connectivity index (χ4v) is 1.06. The summed E-state index contributed by atoms with van der Waals surface area (Å²) in [4.78, 5) is 0. The summed E-state index contributed by atoms with van der Waals surface area (Å²) in [5.41, 5.74) is 6.94. The van der Waals surface area contributed by atoms with Crippen LogP contribution in [0.4, 0.5) is 18.9 Å². The maximum Gasteiger partial charge on any atom is 0.387 e. The van der Waals surface area contributed by atoms with Gasteiger partial charge < -0.3 is 15.2 Å². The zero-order valence-electron chi connectivity index (χ0n) is 9.03. The molecule has 0 fully saturated rings. The molecule has 1 rings (SSSR count). The van der Waals surface area contributed by atoms with E-state index in [2.05, 4.69) is 15.2 Å². The van der Waals surface area contributed by atoms with E-state index in [0.717, 1.165) is 12.1 Å². The van der Waals surface area contributed by atoms with Crippen LogP contribution in [0, 0.1) is 11.3 Å². The first-order valence-corrected chi connectivity index (χ1v) is 4.75. The molecule has 0 amide bonds. The monoisotopic (exact) mass is 261 g/mol. The van der Waals surface area contributed by atoms with Crippen molar-refractivity contribution in [2.24, 2.45) is 5.11 Å². The molecule has 0 saturated carbocycles. The lowest BCUT2D eigenvalue weighted by Crippen LogP contribution is -2.04. The number of nitrogens with one attached hydrogen (secondary N) is 2. The Morgan fingerprint density at radius 1 is 1.56 bits per heavy atom. The number of hydrogen-bond donors (Lipinski definition) is 3. The maximum absolute atomic E-state index is 13.1. The summed E-state index contributed by atoms with van der Waals surface area (Å²) in [6.07, 6.45) is 1.19. The van der Waals surface area contributed by atoms with Crippen molar-refractivity contribution in [1.29, 1.82) is 5.53 Å². The van der Waals surface area contributed by atoms with E-state index in [1.165, 1.54) is 12.3 Å². The average Bonchev–Trinajstić information content (AvgIpc) is 2.33. The van der Waals surface area contributed by atoms with Crippen LogP contribution < -0.4 is 10.1 Å². The van der Waals surface area contributed by atoms with E-state index in [0.29, 0.717) is 0 Å². The Kier molecular flexibility index (Phi) is 5.12. The summed E-state index contributed by atoms with van der Waals surface area (Å²) in [5.74, 6) is -1.52. The predicted octanol–water partition coefficient (Wildman–Crippen LogP) is 2.70. The number of benzene rings is 1. The second kappa shape index (κ2) is 6.60. The van der Waals surface area contributed by atoms with Gasteiger partial charge in [0.25, 0.3) is 0 Å². The largest absolute Gasteiger partial charge is 0.432 e. The number of rotatable bonds is 6. The second-order valence-corrected chi connectivity index (χ2v) is 3.07. The maximum atomic E-state index is 13.1. The normalized spacial score (nSPS) is 11.5. The SMILES string of the molecule is N=N/C(=C\Nc1ccc(F)c(OC(F)F)c1)CO. The molecule has 0 atom stereocenters. The van der Waals surface area contributed by atoms with Gasteiger partial charge in [-0.1, -0.05) is 0 Å². The fourth-order valence-electron chi connectivity index (χ4n) is 1.06. The molecule has 0 unspecified atom stereocenters. The van der Waals surface area contributed by atoms with Gasteiger partial charge >= 0.3 is 6.61 Å². The van der Waals surface area contributed by atoms with Crippen molar-refractivity contribution < 1.29 is 23.0 Å². The Labute approximate surface area is 100 Å². The second-order valence-electron chi connectivity index (χ2n) is 3.07. The Bertz CT molecular complexity index is 452. The lowest BCUT2D eigenvalue weighted by atomic mass is 10.3. The highest BCUT2D eigenvalue weighted by Gasteiger charge is 2.10. The third-order valence-corrected chi connectivity index (χ3v) is 1.86. The quantitative estimate of drug-likeness (QED) is 0.689. The Hall–Kier alpha value is -2.09. The summed E-state index contributed by atoms with van der Waals surface area (Å²) in [6.45, 7) is -3.58. The van der Waals surface area contributed by atoms with E-state index in [1.807, 2.05) is 0 Å². The number of aliphatic hydroxyl groups excluding tert-OH is 1. The van der Waals surface area contributed by atoms with Crippen molar-refractivity contribution in [2.45, 2.75) is 6.61 Å².